The Kier molecular flexibility index (Phi) is 6.87. The van der Waals surface area contributed by atoms with Gasteiger partial charge in [-0.1, -0.05) is 43.7 Å². The van der Waals surface area contributed by atoms with Crippen LogP contribution in [0.4, 0.5) is 0 Å². The van der Waals surface area contributed by atoms with Gasteiger partial charge in [-0.2, -0.15) is 0 Å². The molecule has 2 N–H and O–H groups in total. The van der Waals surface area contributed by atoms with E-state index in [1.165, 1.54) is 0 Å². The van der Waals surface area contributed by atoms with E-state index in [0.717, 1.165) is 31.2 Å². The van der Waals surface area contributed by atoms with Gasteiger partial charge in [0.1, 0.15) is 24.2 Å². The van der Waals surface area contributed by atoms with E-state index >= 15 is 0 Å². The van der Waals surface area contributed by atoms with Gasteiger partial charge < -0.3 is 19.7 Å². The van der Waals surface area contributed by atoms with Crippen LogP contribution in [0.3, 0.4) is 0 Å². The highest BCUT2D eigenvalue weighted by atomic mass is 16.6. The fourth-order valence-corrected chi connectivity index (χ4v) is 4.20. The van der Waals surface area contributed by atoms with Gasteiger partial charge in [-0.3, -0.25) is 9.69 Å². The first kappa shape index (κ1) is 20.3. The number of hydrogen-bond acceptors (Lipinski definition) is 6. The molecule has 1 aromatic carbocycles. The van der Waals surface area contributed by atoms with E-state index in [9.17, 15) is 9.90 Å². The Morgan fingerprint density at radius 3 is 2.33 bits per heavy atom. The molecule has 0 aliphatic carbocycles. The third kappa shape index (κ3) is 4.51. The number of rotatable bonds is 6. The first-order valence-corrected chi connectivity index (χ1v) is 9.95. The van der Waals surface area contributed by atoms with E-state index in [0.29, 0.717) is 30.9 Å². The lowest BCUT2D eigenvalue weighted by atomic mass is 9.97. The number of carbonyl (C=O) groups excluding carboxylic acids is 1. The molecule has 0 amide bonds. The first-order chi connectivity index (χ1) is 13.1. The van der Waals surface area contributed by atoms with Crippen molar-refractivity contribution < 1.29 is 24.5 Å². The second-order valence-electron chi connectivity index (χ2n) is 7.62. The number of esters is 1. The van der Waals surface area contributed by atoms with Crippen molar-refractivity contribution in [2.24, 2.45) is 0 Å². The monoisotopic (exact) mass is 377 g/mol. The summed E-state index contributed by atoms with van der Waals surface area (Å²) in [6.07, 6.45) is 4.30. The number of hydrogen-bond donors (Lipinski definition) is 2. The van der Waals surface area contributed by atoms with E-state index in [1.54, 1.807) is 0 Å². The third-order valence-corrected chi connectivity index (χ3v) is 5.84. The second kappa shape index (κ2) is 9.15. The Morgan fingerprint density at radius 2 is 1.85 bits per heavy atom. The van der Waals surface area contributed by atoms with Crippen molar-refractivity contribution in [1.82, 2.24) is 4.90 Å². The maximum atomic E-state index is 12.4. The molecule has 4 rings (SSSR count). The lowest BCUT2D eigenvalue weighted by Gasteiger charge is -2.38. The van der Waals surface area contributed by atoms with Gasteiger partial charge in [0.15, 0.2) is 0 Å². The van der Waals surface area contributed by atoms with Crippen molar-refractivity contribution in [1.29, 1.82) is 0 Å². The van der Waals surface area contributed by atoms with Gasteiger partial charge in [0.05, 0.1) is 6.61 Å². The summed E-state index contributed by atoms with van der Waals surface area (Å²) in [6, 6.07) is 10.1. The lowest BCUT2D eigenvalue weighted by Crippen LogP contribution is -2.48. The molecule has 0 spiro atoms. The molecule has 0 radical (unpaired) electrons. The largest absolute Gasteiger partial charge is 0.462 e. The van der Waals surface area contributed by atoms with Crippen molar-refractivity contribution in [3.63, 3.8) is 0 Å². The molecular weight excluding hydrogens is 346 g/mol. The highest BCUT2D eigenvalue weighted by Crippen LogP contribution is 2.48. The average molecular weight is 377 g/mol. The molecule has 0 saturated carbocycles. The third-order valence-electron chi connectivity index (χ3n) is 5.84. The van der Waals surface area contributed by atoms with Gasteiger partial charge in [0, 0.05) is 31.5 Å². The average Bonchev–Trinajstić information content (AvgIpc) is 3.43. The molecule has 3 aliphatic rings. The number of ether oxygens (including phenoxy) is 2. The molecule has 3 saturated heterocycles. The molecule has 0 unspecified atom stereocenters. The van der Waals surface area contributed by atoms with Crippen LogP contribution in [0.15, 0.2) is 30.3 Å². The molecule has 27 heavy (non-hydrogen) atoms. The minimum atomic E-state index is -0.593. The van der Waals surface area contributed by atoms with Crippen LogP contribution >= 0.6 is 0 Å². The van der Waals surface area contributed by atoms with Crippen LogP contribution in [0.2, 0.25) is 0 Å². The maximum absolute atomic E-state index is 12.4. The van der Waals surface area contributed by atoms with Crippen molar-refractivity contribution in [2.45, 2.75) is 68.9 Å². The zero-order chi connectivity index (χ0) is 19.4. The molecule has 6 atom stereocenters. The SMILES string of the molecule is CCCCO.CN1[C@@H]2C[C@@H](OC(=O)[C@H](CO)c3ccccc3)C[C@H]1[C@@H]1O[C@@H]12. The standard InChI is InChI=1S/C17H21NO4.C4H10O/c1-18-13-7-11(8-14(18)16-15(13)22-16)21-17(20)12(9-19)10-5-3-2-4-6-10;1-2-3-4-5/h2-6,11-16,19H,7-9H2,1H3;5H,2-4H2,1H3/t11-,12-,13-,14+,15-,16+;/m1./s1. The van der Waals surface area contributed by atoms with Crippen molar-refractivity contribution in [3.05, 3.63) is 35.9 Å². The molecule has 6 nitrogen and oxygen atoms in total. The number of piperidine rings is 1. The van der Waals surface area contributed by atoms with Crippen molar-refractivity contribution >= 4 is 5.97 Å². The number of benzene rings is 1. The molecule has 6 heteroatoms. The van der Waals surface area contributed by atoms with Crippen LogP contribution in [0.25, 0.3) is 0 Å². The smallest absolute Gasteiger partial charge is 0.316 e. The minimum Gasteiger partial charge on any atom is -0.462 e. The molecule has 2 bridgehead atoms. The van der Waals surface area contributed by atoms with Gasteiger partial charge in [0.2, 0.25) is 0 Å². The summed E-state index contributed by atoms with van der Waals surface area (Å²) in [5.41, 5.74) is 0.803. The number of epoxide rings is 1. The molecule has 3 aliphatic heterocycles. The Balaban J connectivity index is 0.000000376. The van der Waals surface area contributed by atoms with E-state index in [4.69, 9.17) is 14.6 Å². The predicted molar refractivity (Wildman–Crippen MR) is 101 cm³/mol. The van der Waals surface area contributed by atoms with Gasteiger partial charge >= 0.3 is 5.97 Å². The highest BCUT2D eigenvalue weighted by molar-refractivity contribution is 5.78. The summed E-state index contributed by atoms with van der Waals surface area (Å²) in [5.74, 6) is -0.915. The quantitative estimate of drug-likeness (QED) is 0.580. The highest BCUT2D eigenvalue weighted by Gasteiger charge is 2.62. The van der Waals surface area contributed by atoms with Crippen LogP contribution in [0, 0.1) is 0 Å². The van der Waals surface area contributed by atoms with Gasteiger partial charge in [-0.25, -0.2) is 0 Å². The van der Waals surface area contributed by atoms with Crippen LogP contribution in [-0.2, 0) is 14.3 Å². The zero-order valence-electron chi connectivity index (χ0n) is 16.2. The molecule has 1 aromatic rings. The summed E-state index contributed by atoms with van der Waals surface area (Å²) in [5, 5.41) is 17.6. The number of unbranched alkanes of at least 4 members (excludes halogenated alkanes) is 1. The van der Waals surface area contributed by atoms with Crippen LogP contribution in [-0.4, -0.2) is 71.7 Å². The topological polar surface area (TPSA) is 82.5 Å². The van der Waals surface area contributed by atoms with E-state index in [-0.39, 0.29) is 18.7 Å². The molecule has 3 heterocycles. The molecular formula is C21H31NO5. The summed E-state index contributed by atoms with van der Waals surface area (Å²) >= 11 is 0. The Labute approximate surface area is 161 Å². The number of likely N-dealkylation sites (N-methyl/N-ethyl adjacent to an activating group) is 1. The molecule has 150 valence electrons. The van der Waals surface area contributed by atoms with E-state index < -0.39 is 5.92 Å². The predicted octanol–water partition coefficient (Wildman–Crippen LogP) is 1.70. The minimum absolute atomic E-state index is 0.0622. The van der Waals surface area contributed by atoms with Crippen LogP contribution in [0.1, 0.15) is 44.1 Å². The summed E-state index contributed by atoms with van der Waals surface area (Å²) in [4.78, 5) is 14.8. The number of nitrogens with zero attached hydrogens (tertiary/aromatic N) is 1. The normalized spacial score (nSPS) is 32.1. The van der Waals surface area contributed by atoms with Crippen molar-refractivity contribution in [2.75, 3.05) is 20.3 Å². The summed E-state index contributed by atoms with van der Waals surface area (Å²) < 4.78 is 11.4. The summed E-state index contributed by atoms with van der Waals surface area (Å²) in [6.45, 7) is 2.17. The van der Waals surface area contributed by atoms with Gasteiger partial charge in [-0.15, -0.1) is 0 Å². The fourth-order valence-electron chi connectivity index (χ4n) is 4.20. The zero-order valence-corrected chi connectivity index (χ0v) is 16.2. The van der Waals surface area contributed by atoms with E-state index in [2.05, 4.69) is 18.9 Å². The van der Waals surface area contributed by atoms with Crippen LogP contribution in [0.5, 0.6) is 0 Å². The number of aliphatic hydroxyl groups is 2. The fraction of sp³-hybridized carbons (Fsp3) is 0.667. The number of carbonyl (C=O) groups is 1. The Morgan fingerprint density at radius 1 is 1.22 bits per heavy atom. The number of morpholine rings is 1. The number of fused-ring (bicyclic) bond motifs is 5. The van der Waals surface area contributed by atoms with Crippen molar-refractivity contribution in [3.8, 4) is 0 Å². The lowest BCUT2D eigenvalue weighted by molar-refractivity contribution is -0.156. The van der Waals surface area contributed by atoms with Gasteiger partial charge in [0.25, 0.3) is 0 Å². The van der Waals surface area contributed by atoms with Gasteiger partial charge in [-0.05, 0) is 19.0 Å². The molecule has 3 fully saturated rings. The number of aliphatic hydroxyl groups excluding tert-OH is 2. The van der Waals surface area contributed by atoms with E-state index in [1.807, 2.05) is 30.3 Å². The Hall–Kier alpha value is -1.47. The van der Waals surface area contributed by atoms with Crippen LogP contribution < -0.4 is 0 Å². The first-order valence-electron chi connectivity index (χ1n) is 9.95. The molecule has 0 aromatic heterocycles. The summed E-state index contributed by atoms with van der Waals surface area (Å²) in [7, 11) is 2.13. The maximum Gasteiger partial charge on any atom is 0.316 e. The second-order valence-corrected chi connectivity index (χ2v) is 7.62. The Bertz CT molecular complexity index is 590.